The molecular weight excluding hydrogens is 263 g/mol. The molecular formula is C16H20F3N. The van der Waals surface area contributed by atoms with Crippen molar-refractivity contribution in [1.29, 1.82) is 0 Å². The standard InChI is InChI=1S/C16H20F3N/c1-20-15(11-12-5-3-2-4-6-12)13-7-9-14(10-8-13)16(17,18)19/h5,7-10,15,20H,2-4,6,11H2,1H3. The van der Waals surface area contributed by atoms with Gasteiger partial charge in [0.1, 0.15) is 0 Å². The summed E-state index contributed by atoms with van der Waals surface area (Å²) in [6.45, 7) is 0. The van der Waals surface area contributed by atoms with Crippen molar-refractivity contribution < 1.29 is 13.2 Å². The number of benzene rings is 1. The Kier molecular flexibility index (Phi) is 4.86. The number of nitrogens with one attached hydrogen (secondary N) is 1. The fourth-order valence-corrected chi connectivity index (χ4v) is 2.64. The molecule has 1 nitrogen and oxygen atoms in total. The summed E-state index contributed by atoms with van der Waals surface area (Å²) in [5.41, 5.74) is 1.73. The van der Waals surface area contributed by atoms with Crippen LogP contribution in [0.25, 0.3) is 0 Å². The summed E-state index contributed by atoms with van der Waals surface area (Å²) in [4.78, 5) is 0. The SMILES string of the molecule is CNC(CC1=CCCCC1)c1ccc(C(F)(F)F)cc1. The fraction of sp³-hybridized carbons (Fsp3) is 0.500. The molecule has 2 rings (SSSR count). The van der Waals surface area contributed by atoms with Gasteiger partial charge in [-0.2, -0.15) is 13.2 Å². The van der Waals surface area contributed by atoms with Crippen LogP contribution >= 0.6 is 0 Å². The van der Waals surface area contributed by atoms with E-state index in [-0.39, 0.29) is 6.04 Å². The molecule has 1 aromatic rings. The van der Waals surface area contributed by atoms with E-state index >= 15 is 0 Å². The Morgan fingerprint density at radius 3 is 2.35 bits per heavy atom. The number of hydrogen-bond acceptors (Lipinski definition) is 1. The molecule has 0 spiro atoms. The van der Waals surface area contributed by atoms with Crippen molar-refractivity contribution in [2.24, 2.45) is 0 Å². The Labute approximate surface area is 117 Å². The zero-order valence-corrected chi connectivity index (χ0v) is 11.6. The molecule has 0 fully saturated rings. The zero-order valence-electron chi connectivity index (χ0n) is 11.6. The number of hydrogen-bond donors (Lipinski definition) is 1. The van der Waals surface area contributed by atoms with Crippen LogP contribution in [0.5, 0.6) is 0 Å². The van der Waals surface area contributed by atoms with Gasteiger partial charge in [-0.05, 0) is 56.8 Å². The van der Waals surface area contributed by atoms with Crippen LogP contribution in [0.3, 0.4) is 0 Å². The van der Waals surface area contributed by atoms with Gasteiger partial charge in [0.25, 0.3) is 0 Å². The van der Waals surface area contributed by atoms with Gasteiger partial charge in [0.05, 0.1) is 5.56 Å². The second-order valence-electron chi connectivity index (χ2n) is 5.27. The molecule has 0 amide bonds. The lowest BCUT2D eigenvalue weighted by atomic mass is 9.91. The summed E-state index contributed by atoms with van der Waals surface area (Å²) in [6.07, 6.45) is 3.58. The third-order valence-corrected chi connectivity index (χ3v) is 3.84. The minimum absolute atomic E-state index is 0.0848. The summed E-state index contributed by atoms with van der Waals surface area (Å²) in [6, 6.07) is 5.56. The minimum Gasteiger partial charge on any atom is -0.313 e. The van der Waals surface area contributed by atoms with E-state index in [4.69, 9.17) is 0 Å². The van der Waals surface area contributed by atoms with Crippen LogP contribution in [0.1, 0.15) is 49.3 Å². The highest BCUT2D eigenvalue weighted by atomic mass is 19.4. The van der Waals surface area contributed by atoms with E-state index in [0.29, 0.717) is 0 Å². The largest absolute Gasteiger partial charge is 0.416 e. The molecule has 0 saturated heterocycles. The Morgan fingerprint density at radius 1 is 1.15 bits per heavy atom. The van der Waals surface area contributed by atoms with Crippen LogP contribution in [0.2, 0.25) is 0 Å². The summed E-state index contributed by atoms with van der Waals surface area (Å²) < 4.78 is 37.7. The number of alkyl halides is 3. The molecule has 0 heterocycles. The first-order valence-electron chi connectivity index (χ1n) is 7.03. The molecule has 20 heavy (non-hydrogen) atoms. The van der Waals surface area contributed by atoms with Gasteiger partial charge in [-0.1, -0.05) is 23.8 Å². The van der Waals surface area contributed by atoms with Crippen LogP contribution in [0.15, 0.2) is 35.9 Å². The Bertz CT molecular complexity index is 460. The maximum atomic E-state index is 12.6. The third-order valence-electron chi connectivity index (χ3n) is 3.84. The lowest BCUT2D eigenvalue weighted by Crippen LogP contribution is -2.18. The van der Waals surface area contributed by atoms with Gasteiger partial charge in [-0.25, -0.2) is 0 Å². The highest BCUT2D eigenvalue weighted by molar-refractivity contribution is 5.28. The van der Waals surface area contributed by atoms with Crippen molar-refractivity contribution in [3.63, 3.8) is 0 Å². The zero-order chi connectivity index (χ0) is 14.6. The maximum absolute atomic E-state index is 12.6. The Morgan fingerprint density at radius 2 is 1.85 bits per heavy atom. The van der Waals surface area contributed by atoms with Crippen LogP contribution in [-0.2, 0) is 6.18 Å². The van der Waals surface area contributed by atoms with Gasteiger partial charge in [0, 0.05) is 6.04 Å². The average molecular weight is 283 g/mol. The first kappa shape index (κ1) is 15.1. The molecule has 0 radical (unpaired) electrons. The summed E-state index contributed by atoms with van der Waals surface area (Å²) >= 11 is 0. The Balaban J connectivity index is 2.09. The highest BCUT2D eigenvalue weighted by Crippen LogP contribution is 2.32. The van der Waals surface area contributed by atoms with Crippen LogP contribution in [0, 0.1) is 0 Å². The fourth-order valence-electron chi connectivity index (χ4n) is 2.64. The normalized spacial score (nSPS) is 17.7. The van der Waals surface area contributed by atoms with Crippen molar-refractivity contribution in [3.05, 3.63) is 47.0 Å². The van der Waals surface area contributed by atoms with Crippen LogP contribution in [-0.4, -0.2) is 7.05 Å². The minimum atomic E-state index is -4.26. The predicted octanol–water partition coefficient (Wildman–Crippen LogP) is 4.86. The van der Waals surface area contributed by atoms with E-state index in [9.17, 15) is 13.2 Å². The molecule has 0 bridgehead atoms. The number of allylic oxidation sites excluding steroid dienone is 1. The van der Waals surface area contributed by atoms with E-state index in [1.807, 2.05) is 7.05 Å². The second kappa shape index (κ2) is 6.44. The first-order valence-corrected chi connectivity index (χ1v) is 7.03. The molecule has 0 saturated carbocycles. The summed E-state index contributed by atoms with van der Waals surface area (Å²) in [5.74, 6) is 0. The van der Waals surface area contributed by atoms with Gasteiger partial charge in [-0.15, -0.1) is 0 Å². The molecule has 1 N–H and O–H groups in total. The van der Waals surface area contributed by atoms with Gasteiger partial charge < -0.3 is 5.32 Å². The van der Waals surface area contributed by atoms with E-state index in [2.05, 4.69) is 11.4 Å². The summed E-state index contributed by atoms with van der Waals surface area (Å²) in [7, 11) is 1.85. The smallest absolute Gasteiger partial charge is 0.313 e. The van der Waals surface area contributed by atoms with E-state index in [1.54, 1.807) is 12.1 Å². The van der Waals surface area contributed by atoms with Gasteiger partial charge in [0.2, 0.25) is 0 Å². The second-order valence-corrected chi connectivity index (χ2v) is 5.27. The molecule has 1 aromatic carbocycles. The van der Waals surface area contributed by atoms with E-state index in [1.165, 1.54) is 18.4 Å². The maximum Gasteiger partial charge on any atom is 0.416 e. The van der Waals surface area contributed by atoms with Crippen molar-refractivity contribution in [2.75, 3.05) is 7.05 Å². The van der Waals surface area contributed by atoms with Crippen molar-refractivity contribution in [3.8, 4) is 0 Å². The molecule has 0 aromatic heterocycles. The average Bonchev–Trinajstić information content (AvgIpc) is 2.45. The van der Waals surface area contributed by atoms with Crippen molar-refractivity contribution in [2.45, 2.75) is 44.3 Å². The quantitative estimate of drug-likeness (QED) is 0.778. The number of rotatable bonds is 4. The molecule has 110 valence electrons. The topological polar surface area (TPSA) is 12.0 Å². The third kappa shape index (κ3) is 3.85. The summed E-state index contributed by atoms with van der Waals surface area (Å²) in [5, 5.41) is 3.20. The predicted molar refractivity (Wildman–Crippen MR) is 74.4 cm³/mol. The Hall–Kier alpha value is -1.29. The molecule has 1 aliphatic carbocycles. The molecule has 1 atom stereocenters. The van der Waals surface area contributed by atoms with Gasteiger partial charge >= 0.3 is 6.18 Å². The number of halogens is 3. The molecule has 0 aliphatic heterocycles. The molecule has 1 unspecified atom stereocenters. The van der Waals surface area contributed by atoms with Crippen LogP contribution < -0.4 is 5.32 Å². The monoisotopic (exact) mass is 283 g/mol. The van der Waals surface area contributed by atoms with Crippen molar-refractivity contribution >= 4 is 0 Å². The lowest BCUT2D eigenvalue weighted by Gasteiger charge is -2.21. The van der Waals surface area contributed by atoms with E-state index < -0.39 is 11.7 Å². The van der Waals surface area contributed by atoms with Gasteiger partial charge in [0.15, 0.2) is 0 Å². The van der Waals surface area contributed by atoms with Crippen LogP contribution in [0.4, 0.5) is 13.2 Å². The highest BCUT2D eigenvalue weighted by Gasteiger charge is 2.30. The first-order chi connectivity index (χ1) is 9.50. The molecule has 4 heteroatoms. The van der Waals surface area contributed by atoms with Gasteiger partial charge in [-0.3, -0.25) is 0 Å². The lowest BCUT2D eigenvalue weighted by molar-refractivity contribution is -0.137. The van der Waals surface area contributed by atoms with Crippen molar-refractivity contribution in [1.82, 2.24) is 5.32 Å². The van der Waals surface area contributed by atoms with E-state index in [0.717, 1.165) is 37.0 Å². The molecule has 1 aliphatic rings.